The van der Waals surface area contributed by atoms with E-state index in [0.29, 0.717) is 11.6 Å². The van der Waals surface area contributed by atoms with Crippen molar-refractivity contribution in [3.8, 4) is 0 Å². The van der Waals surface area contributed by atoms with E-state index < -0.39 is 0 Å². The molecule has 1 unspecified atom stereocenters. The monoisotopic (exact) mass is 372 g/mol. The van der Waals surface area contributed by atoms with Gasteiger partial charge in [0.05, 0.1) is 19.4 Å². The third kappa shape index (κ3) is 3.53. The van der Waals surface area contributed by atoms with Crippen LogP contribution < -0.4 is 0 Å². The van der Waals surface area contributed by atoms with Crippen LogP contribution in [0, 0.1) is 11.3 Å². The Balaban J connectivity index is 1.43. The molecule has 0 radical (unpaired) electrons. The third-order valence-electron chi connectivity index (χ3n) is 6.30. The van der Waals surface area contributed by atoms with Crippen LogP contribution in [0.5, 0.6) is 0 Å². The normalized spacial score (nSPS) is 22.6. The molecule has 2 fully saturated rings. The van der Waals surface area contributed by atoms with E-state index >= 15 is 0 Å². The van der Waals surface area contributed by atoms with Gasteiger partial charge in [0.15, 0.2) is 0 Å². The highest BCUT2D eigenvalue weighted by Crippen LogP contribution is 2.45. The number of carbonyl (C=O) groups is 1. The number of nitrogens with zero attached hydrogens (tertiary/aromatic N) is 4. The summed E-state index contributed by atoms with van der Waals surface area (Å²) in [5.41, 5.74) is 0.872. The first-order valence-corrected chi connectivity index (χ1v) is 9.62. The van der Waals surface area contributed by atoms with E-state index in [9.17, 15) is 4.79 Å². The maximum atomic E-state index is 12.8. The number of methoxy groups -OCH3 is 1. The van der Waals surface area contributed by atoms with E-state index in [1.54, 1.807) is 30.3 Å². The van der Waals surface area contributed by atoms with Gasteiger partial charge < -0.3 is 14.1 Å². The van der Waals surface area contributed by atoms with E-state index in [0.717, 1.165) is 57.9 Å². The Morgan fingerprint density at radius 1 is 1.37 bits per heavy atom. The minimum atomic E-state index is 0.0820. The Bertz CT molecular complexity index is 762. The van der Waals surface area contributed by atoms with Crippen LogP contribution in [0.2, 0.25) is 0 Å². The topological polar surface area (TPSA) is 63.7 Å². The average Bonchev–Trinajstić information content (AvgIpc) is 3.38. The second-order valence-electron chi connectivity index (χ2n) is 7.90. The molecule has 2 saturated heterocycles. The number of carbonyl (C=O) groups excluding carboxylic acids is 1. The molecule has 4 rings (SSSR count). The summed E-state index contributed by atoms with van der Waals surface area (Å²) in [4.78, 5) is 17.2. The molecule has 2 aromatic heterocycles. The minimum Gasteiger partial charge on any atom is -0.468 e. The summed E-state index contributed by atoms with van der Waals surface area (Å²) in [6, 6.07) is 5.77. The fraction of sp³-hybridized carbons (Fsp3) is 0.600. The lowest BCUT2D eigenvalue weighted by molar-refractivity contribution is 0.0316. The van der Waals surface area contributed by atoms with Gasteiger partial charge in [-0.15, -0.1) is 0 Å². The van der Waals surface area contributed by atoms with Crippen LogP contribution in [-0.2, 0) is 18.3 Å². The lowest BCUT2D eigenvalue weighted by Crippen LogP contribution is -2.47. The zero-order chi connectivity index (χ0) is 18.9. The van der Waals surface area contributed by atoms with Gasteiger partial charge in [0.2, 0.25) is 0 Å². The minimum absolute atomic E-state index is 0.0820. The quantitative estimate of drug-likeness (QED) is 0.803. The first kappa shape index (κ1) is 18.3. The number of furan rings is 1. The zero-order valence-corrected chi connectivity index (χ0v) is 16.1. The Hall–Kier alpha value is -2.12. The van der Waals surface area contributed by atoms with E-state index in [1.165, 1.54) is 0 Å². The number of aryl methyl sites for hydroxylation is 1. The summed E-state index contributed by atoms with van der Waals surface area (Å²) in [7, 11) is 3.60. The van der Waals surface area contributed by atoms with Gasteiger partial charge in [0, 0.05) is 52.5 Å². The summed E-state index contributed by atoms with van der Waals surface area (Å²) in [5, 5.41) is 4.12. The smallest absolute Gasteiger partial charge is 0.272 e. The maximum absolute atomic E-state index is 12.8. The molecule has 0 aliphatic carbocycles. The number of aromatic nitrogens is 2. The van der Waals surface area contributed by atoms with Crippen molar-refractivity contribution >= 4 is 5.91 Å². The van der Waals surface area contributed by atoms with Crippen LogP contribution in [-0.4, -0.2) is 65.4 Å². The van der Waals surface area contributed by atoms with E-state index in [-0.39, 0.29) is 11.3 Å². The fourth-order valence-electron chi connectivity index (χ4n) is 4.79. The van der Waals surface area contributed by atoms with Gasteiger partial charge >= 0.3 is 0 Å². The Morgan fingerprint density at radius 2 is 2.19 bits per heavy atom. The second-order valence-corrected chi connectivity index (χ2v) is 7.90. The largest absolute Gasteiger partial charge is 0.468 e. The van der Waals surface area contributed by atoms with Gasteiger partial charge in [0.25, 0.3) is 5.91 Å². The lowest BCUT2D eigenvalue weighted by Gasteiger charge is -2.42. The molecule has 146 valence electrons. The van der Waals surface area contributed by atoms with Gasteiger partial charge in [0.1, 0.15) is 11.5 Å². The first-order valence-electron chi connectivity index (χ1n) is 9.62. The number of likely N-dealkylation sites (tertiary alicyclic amines) is 2. The molecule has 2 aliphatic rings. The van der Waals surface area contributed by atoms with E-state index in [4.69, 9.17) is 9.15 Å². The maximum Gasteiger partial charge on any atom is 0.272 e. The number of hydrogen-bond acceptors (Lipinski definition) is 5. The number of ether oxygens (including phenoxy) is 1. The van der Waals surface area contributed by atoms with Crippen LogP contribution >= 0.6 is 0 Å². The number of amides is 1. The first-order chi connectivity index (χ1) is 13.1. The highest BCUT2D eigenvalue weighted by Gasteiger charge is 2.48. The van der Waals surface area contributed by atoms with Gasteiger partial charge in [-0.3, -0.25) is 14.4 Å². The molecule has 4 heterocycles. The summed E-state index contributed by atoms with van der Waals surface area (Å²) in [5.74, 6) is 1.58. The third-order valence-corrected chi connectivity index (χ3v) is 6.30. The lowest BCUT2D eigenvalue weighted by atomic mass is 9.71. The number of piperidine rings is 1. The SMILES string of the molecule is COCC1CN(Cc2ccco2)CC12CCN(C(=O)c1ccnn1C)CC2. The molecule has 27 heavy (non-hydrogen) atoms. The Kier molecular flexibility index (Phi) is 5.06. The standard InChI is InChI=1S/C20H28N4O3/c1-22-18(5-8-21-22)19(25)24-9-6-20(7-10-24)15-23(12-16(20)14-26-2)13-17-4-3-11-27-17/h3-5,8,11,16H,6-7,9-10,12-15H2,1-2H3. The molecule has 0 aromatic carbocycles. The molecule has 1 amide bonds. The van der Waals surface area contributed by atoms with Gasteiger partial charge in [-0.2, -0.15) is 5.10 Å². The molecule has 2 aromatic rings. The van der Waals surface area contributed by atoms with Crippen molar-refractivity contribution in [3.63, 3.8) is 0 Å². The molecule has 0 saturated carbocycles. The van der Waals surface area contributed by atoms with E-state index in [2.05, 4.69) is 10.00 Å². The van der Waals surface area contributed by atoms with Gasteiger partial charge in [-0.1, -0.05) is 0 Å². The zero-order valence-electron chi connectivity index (χ0n) is 16.1. The Morgan fingerprint density at radius 3 is 2.81 bits per heavy atom. The van der Waals surface area contributed by atoms with Gasteiger partial charge in [-0.05, 0) is 36.5 Å². The molecular weight excluding hydrogens is 344 g/mol. The summed E-state index contributed by atoms with van der Waals surface area (Å²) in [6.07, 6.45) is 5.44. The number of rotatable bonds is 5. The van der Waals surface area contributed by atoms with Crippen LogP contribution in [0.15, 0.2) is 35.1 Å². The number of hydrogen-bond donors (Lipinski definition) is 0. The van der Waals surface area contributed by atoms with Crippen molar-refractivity contribution in [1.82, 2.24) is 19.6 Å². The summed E-state index contributed by atoms with van der Waals surface area (Å²) >= 11 is 0. The summed E-state index contributed by atoms with van der Waals surface area (Å²) < 4.78 is 12.7. The van der Waals surface area contributed by atoms with Crippen molar-refractivity contribution in [3.05, 3.63) is 42.1 Å². The molecular formula is C20H28N4O3. The molecule has 1 atom stereocenters. The van der Waals surface area contributed by atoms with Crippen molar-refractivity contribution in [2.45, 2.75) is 19.4 Å². The predicted octanol–water partition coefficient (Wildman–Crippen LogP) is 2.01. The molecule has 7 heteroatoms. The highest BCUT2D eigenvalue weighted by molar-refractivity contribution is 5.92. The molecule has 1 spiro atoms. The molecule has 0 bridgehead atoms. The van der Waals surface area contributed by atoms with Crippen LogP contribution in [0.3, 0.4) is 0 Å². The van der Waals surface area contributed by atoms with Crippen LogP contribution in [0.4, 0.5) is 0 Å². The van der Waals surface area contributed by atoms with Crippen LogP contribution in [0.1, 0.15) is 29.1 Å². The van der Waals surface area contributed by atoms with Gasteiger partial charge in [-0.25, -0.2) is 0 Å². The van der Waals surface area contributed by atoms with E-state index in [1.807, 2.05) is 24.1 Å². The predicted molar refractivity (Wildman–Crippen MR) is 100 cm³/mol. The fourth-order valence-corrected chi connectivity index (χ4v) is 4.79. The van der Waals surface area contributed by atoms with Crippen LogP contribution in [0.25, 0.3) is 0 Å². The van der Waals surface area contributed by atoms with Crippen molar-refractivity contribution < 1.29 is 13.9 Å². The average molecular weight is 372 g/mol. The van der Waals surface area contributed by atoms with Crippen molar-refractivity contribution in [2.24, 2.45) is 18.4 Å². The van der Waals surface area contributed by atoms with Crippen molar-refractivity contribution in [2.75, 3.05) is 39.9 Å². The molecule has 0 N–H and O–H groups in total. The molecule has 2 aliphatic heterocycles. The van der Waals surface area contributed by atoms with Crippen molar-refractivity contribution in [1.29, 1.82) is 0 Å². The second kappa shape index (κ2) is 7.48. The molecule has 7 nitrogen and oxygen atoms in total. The highest BCUT2D eigenvalue weighted by atomic mass is 16.5. The summed E-state index contributed by atoms with van der Waals surface area (Å²) in [6.45, 7) is 5.24. The Labute approximate surface area is 159 Å².